The molecule has 2 atom stereocenters. The summed E-state index contributed by atoms with van der Waals surface area (Å²) in [6, 6.07) is 20.1. The number of nitrogens with one attached hydrogen (secondary N) is 3. The Morgan fingerprint density at radius 1 is 1.03 bits per heavy atom. The smallest absolute Gasteiger partial charge is 0.272 e. The number of benzene rings is 2. The van der Waals surface area contributed by atoms with Gasteiger partial charge in [-0.3, -0.25) is 4.79 Å². The minimum atomic E-state index is -0.690. The molecule has 158 valence electrons. The number of ether oxygens (including phenoxy) is 1. The molecule has 1 amide bonds. The standard InChI is InChI=1S/C23H27N3O4/c27-15-19(25-14-20(28)16-30-21-5-2-1-3-6-21)13-17-8-10-18(11-9-17)26-23(29)22-7-4-12-24-22/h1-12,19-20,24-25,27-28H,13-16H2,(H,26,29)/t19-,20-/m0/s1. The molecule has 5 N–H and O–H groups in total. The molecule has 30 heavy (non-hydrogen) atoms. The predicted octanol–water partition coefficient (Wildman–Crippen LogP) is 2.20. The third-order valence-electron chi connectivity index (χ3n) is 4.58. The van der Waals surface area contributed by atoms with Crippen molar-refractivity contribution in [1.29, 1.82) is 0 Å². The van der Waals surface area contributed by atoms with E-state index in [2.05, 4.69) is 15.6 Å². The summed E-state index contributed by atoms with van der Waals surface area (Å²) in [6.45, 7) is 0.421. The SMILES string of the molecule is O=C(Nc1ccc(C[C@@H](CO)NC[C@H](O)COc2ccccc2)cc1)c1ccc[nH]1. The van der Waals surface area contributed by atoms with Crippen molar-refractivity contribution in [2.24, 2.45) is 0 Å². The molecule has 0 bridgehead atoms. The Kier molecular flexibility index (Phi) is 8.02. The second-order valence-electron chi connectivity index (χ2n) is 7.00. The maximum absolute atomic E-state index is 12.1. The summed E-state index contributed by atoms with van der Waals surface area (Å²) >= 11 is 0. The maximum atomic E-state index is 12.1. The minimum Gasteiger partial charge on any atom is -0.491 e. The van der Waals surface area contributed by atoms with Gasteiger partial charge in [0.2, 0.25) is 0 Å². The second kappa shape index (κ2) is 11.2. The van der Waals surface area contributed by atoms with E-state index in [0.717, 1.165) is 5.56 Å². The summed E-state index contributed by atoms with van der Waals surface area (Å²) < 4.78 is 5.53. The Morgan fingerprint density at radius 3 is 2.47 bits per heavy atom. The van der Waals surface area contributed by atoms with Crippen molar-refractivity contribution in [3.8, 4) is 5.75 Å². The van der Waals surface area contributed by atoms with Gasteiger partial charge in [0, 0.05) is 24.5 Å². The number of amides is 1. The molecule has 0 saturated carbocycles. The monoisotopic (exact) mass is 409 g/mol. The summed E-state index contributed by atoms with van der Waals surface area (Å²) in [4.78, 5) is 14.9. The number of para-hydroxylation sites is 1. The first kappa shape index (κ1) is 21.6. The van der Waals surface area contributed by atoms with Crippen LogP contribution < -0.4 is 15.4 Å². The third kappa shape index (κ3) is 6.73. The number of anilines is 1. The predicted molar refractivity (Wildman–Crippen MR) is 116 cm³/mol. The van der Waals surface area contributed by atoms with Crippen LogP contribution >= 0.6 is 0 Å². The molecule has 0 aliphatic carbocycles. The first-order valence-corrected chi connectivity index (χ1v) is 9.88. The summed E-state index contributed by atoms with van der Waals surface area (Å²) in [5.41, 5.74) is 2.20. The Balaban J connectivity index is 1.42. The second-order valence-corrected chi connectivity index (χ2v) is 7.00. The molecule has 0 radical (unpaired) electrons. The van der Waals surface area contributed by atoms with E-state index in [1.165, 1.54) is 0 Å². The summed E-state index contributed by atoms with van der Waals surface area (Å²) in [6.07, 6.45) is 1.60. The van der Waals surface area contributed by atoms with Gasteiger partial charge >= 0.3 is 0 Å². The van der Waals surface area contributed by atoms with E-state index < -0.39 is 6.10 Å². The zero-order chi connectivity index (χ0) is 21.2. The van der Waals surface area contributed by atoms with Crippen LogP contribution in [0.15, 0.2) is 72.9 Å². The van der Waals surface area contributed by atoms with Crippen molar-refractivity contribution >= 4 is 11.6 Å². The van der Waals surface area contributed by atoms with Gasteiger partial charge in [0.1, 0.15) is 24.2 Å². The number of aromatic nitrogens is 1. The van der Waals surface area contributed by atoms with Crippen molar-refractivity contribution in [2.45, 2.75) is 18.6 Å². The van der Waals surface area contributed by atoms with Gasteiger partial charge in [0.05, 0.1) is 6.61 Å². The van der Waals surface area contributed by atoms with Gasteiger partial charge in [0.15, 0.2) is 0 Å². The number of aliphatic hydroxyl groups excluding tert-OH is 2. The molecule has 0 saturated heterocycles. The number of aromatic amines is 1. The zero-order valence-corrected chi connectivity index (χ0v) is 16.6. The number of hydrogen-bond donors (Lipinski definition) is 5. The molecular weight excluding hydrogens is 382 g/mol. The fraction of sp³-hybridized carbons (Fsp3) is 0.261. The van der Waals surface area contributed by atoms with Crippen molar-refractivity contribution in [3.05, 3.63) is 84.2 Å². The third-order valence-corrected chi connectivity index (χ3v) is 4.58. The molecule has 1 heterocycles. The van der Waals surface area contributed by atoms with Crippen molar-refractivity contribution < 1.29 is 19.7 Å². The van der Waals surface area contributed by atoms with Gasteiger partial charge in [-0.25, -0.2) is 0 Å². The molecular formula is C23H27N3O4. The average molecular weight is 409 g/mol. The van der Waals surface area contributed by atoms with E-state index in [4.69, 9.17) is 4.74 Å². The van der Waals surface area contributed by atoms with Gasteiger partial charge in [0.25, 0.3) is 5.91 Å². The Morgan fingerprint density at radius 2 is 1.80 bits per heavy atom. The van der Waals surface area contributed by atoms with Crippen LogP contribution in [-0.4, -0.2) is 53.0 Å². The topological polar surface area (TPSA) is 107 Å². The molecule has 7 nitrogen and oxygen atoms in total. The zero-order valence-electron chi connectivity index (χ0n) is 16.6. The summed E-state index contributed by atoms with van der Waals surface area (Å²) in [5, 5.41) is 25.7. The van der Waals surface area contributed by atoms with E-state index in [9.17, 15) is 15.0 Å². The molecule has 0 aliphatic heterocycles. The fourth-order valence-corrected chi connectivity index (χ4v) is 2.95. The lowest BCUT2D eigenvalue weighted by molar-refractivity contribution is 0.0997. The van der Waals surface area contributed by atoms with Crippen LogP contribution in [0.2, 0.25) is 0 Å². The van der Waals surface area contributed by atoms with Crippen LogP contribution in [-0.2, 0) is 6.42 Å². The van der Waals surface area contributed by atoms with Gasteiger partial charge in [-0.1, -0.05) is 30.3 Å². The van der Waals surface area contributed by atoms with Crippen LogP contribution in [0.25, 0.3) is 0 Å². The van der Waals surface area contributed by atoms with E-state index in [-0.39, 0.29) is 25.2 Å². The van der Waals surface area contributed by atoms with Crippen LogP contribution in [0.3, 0.4) is 0 Å². The fourth-order valence-electron chi connectivity index (χ4n) is 2.95. The van der Waals surface area contributed by atoms with Crippen LogP contribution in [0.5, 0.6) is 5.75 Å². The molecule has 7 heteroatoms. The Hall–Kier alpha value is -3.13. The molecule has 0 spiro atoms. The number of rotatable bonds is 11. The number of H-pyrrole nitrogens is 1. The summed E-state index contributed by atoms with van der Waals surface area (Å²) in [5.74, 6) is 0.507. The van der Waals surface area contributed by atoms with E-state index in [0.29, 0.717) is 30.1 Å². The lowest BCUT2D eigenvalue weighted by atomic mass is 10.1. The number of hydrogen-bond acceptors (Lipinski definition) is 5. The number of aliphatic hydroxyl groups is 2. The highest BCUT2D eigenvalue weighted by Gasteiger charge is 2.12. The molecule has 0 aliphatic rings. The molecule has 3 rings (SSSR count). The molecule has 2 aromatic carbocycles. The highest BCUT2D eigenvalue weighted by molar-refractivity contribution is 6.02. The average Bonchev–Trinajstić information content (AvgIpc) is 3.32. The highest BCUT2D eigenvalue weighted by Crippen LogP contribution is 2.13. The number of carbonyl (C=O) groups excluding carboxylic acids is 1. The Labute approximate surface area is 175 Å². The Bertz CT molecular complexity index is 883. The minimum absolute atomic E-state index is 0.0580. The molecule has 0 fully saturated rings. The van der Waals surface area contributed by atoms with Crippen LogP contribution in [0.1, 0.15) is 16.1 Å². The van der Waals surface area contributed by atoms with Gasteiger partial charge in [-0.2, -0.15) is 0 Å². The van der Waals surface area contributed by atoms with Gasteiger partial charge in [-0.15, -0.1) is 0 Å². The highest BCUT2D eigenvalue weighted by atomic mass is 16.5. The first-order chi connectivity index (χ1) is 14.6. The van der Waals surface area contributed by atoms with Crippen molar-refractivity contribution in [2.75, 3.05) is 25.1 Å². The molecule has 3 aromatic rings. The maximum Gasteiger partial charge on any atom is 0.272 e. The summed E-state index contributed by atoms with van der Waals surface area (Å²) in [7, 11) is 0. The normalized spacial score (nSPS) is 12.9. The van der Waals surface area contributed by atoms with E-state index in [1.807, 2.05) is 54.6 Å². The van der Waals surface area contributed by atoms with E-state index in [1.54, 1.807) is 18.3 Å². The van der Waals surface area contributed by atoms with E-state index >= 15 is 0 Å². The van der Waals surface area contributed by atoms with Gasteiger partial charge in [-0.05, 0) is 48.4 Å². The molecule has 1 aromatic heterocycles. The molecule has 0 unspecified atom stereocenters. The van der Waals surface area contributed by atoms with Crippen LogP contribution in [0, 0.1) is 0 Å². The van der Waals surface area contributed by atoms with Crippen molar-refractivity contribution in [1.82, 2.24) is 10.3 Å². The largest absolute Gasteiger partial charge is 0.491 e. The lowest BCUT2D eigenvalue weighted by Crippen LogP contribution is -2.41. The van der Waals surface area contributed by atoms with Crippen molar-refractivity contribution in [3.63, 3.8) is 0 Å². The quantitative estimate of drug-likeness (QED) is 0.334. The number of carbonyl (C=O) groups is 1. The van der Waals surface area contributed by atoms with Crippen LogP contribution in [0.4, 0.5) is 5.69 Å². The first-order valence-electron chi connectivity index (χ1n) is 9.88. The van der Waals surface area contributed by atoms with Gasteiger partial charge < -0.3 is 30.6 Å². The lowest BCUT2D eigenvalue weighted by Gasteiger charge is -2.19.